The van der Waals surface area contributed by atoms with E-state index in [-0.39, 0.29) is 17.2 Å². The van der Waals surface area contributed by atoms with E-state index in [0.717, 1.165) is 24.9 Å². The van der Waals surface area contributed by atoms with Crippen molar-refractivity contribution >= 4 is 39.2 Å². The Bertz CT molecular complexity index is 1070. The van der Waals surface area contributed by atoms with Crippen LogP contribution in [0.25, 0.3) is 10.2 Å². The van der Waals surface area contributed by atoms with Crippen molar-refractivity contribution in [3.63, 3.8) is 0 Å². The highest BCUT2D eigenvalue weighted by atomic mass is 32.2. The summed E-state index contributed by atoms with van der Waals surface area (Å²) in [5.41, 5.74) is 4.13. The molecule has 0 spiro atoms. The Kier molecular flexibility index (Phi) is 7.14. The van der Waals surface area contributed by atoms with Crippen LogP contribution in [0.4, 0.5) is 0 Å². The number of amides is 1. The number of hydrogen-bond donors (Lipinski definition) is 0. The van der Waals surface area contributed by atoms with Crippen molar-refractivity contribution in [2.45, 2.75) is 45.3 Å². The highest BCUT2D eigenvalue weighted by molar-refractivity contribution is 7.99. The lowest BCUT2D eigenvalue weighted by Gasteiger charge is -2.17. The normalized spacial score (nSPS) is 11.2. The summed E-state index contributed by atoms with van der Waals surface area (Å²) in [6.07, 6.45) is 2.04. The molecule has 0 aliphatic rings. The van der Waals surface area contributed by atoms with Crippen molar-refractivity contribution in [1.82, 2.24) is 14.5 Å². The Hall–Kier alpha value is -2.12. The van der Waals surface area contributed by atoms with Crippen molar-refractivity contribution < 1.29 is 4.79 Å². The number of unbranched alkanes of at least 4 members (excludes halogenated alkanes) is 1. The highest BCUT2D eigenvalue weighted by Gasteiger charge is 2.16. The zero-order valence-corrected chi connectivity index (χ0v) is 19.0. The smallest absolute Gasteiger partial charge is 0.272 e. The number of aryl methyl sites for hydroxylation is 2. The SMILES string of the molecule is CCCCN(C)C(=O)CSc1nc2ccsc2c(=O)n1Cc1ccc(C)c(C)c1. The summed E-state index contributed by atoms with van der Waals surface area (Å²) >= 11 is 2.75. The van der Waals surface area contributed by atoms with Crippen LogP contribution in [-0.4, -0.2) is 39.7 Å². The molecule has 7 heteroatoms. The monoisotopic (exact) mass is 429 g/mol. The van der Waals surface area contributed by atoms with Crippen molar-refractivity contribution in [3.8, 4) is 0 Å². The summed E-state index contributed by atoms with van der Waals surface area (Å²) in [5.74, 6) is 0.329. The Labute approximate surface area is 179 Å². The molecule has 154 valence electrons. The molecule has 5 nitrogen and oxygen atoms in total. The first-order valence-electron chi connectivity index (χ1n) is 9.81. The molecule has 0 N–H and O–H groups in total. The van der Waals surface area contributed by atoms with Crippen molar-refractivity contribution in [3.05, 3.63) is 56.7 Å². The van der Waals surface area contributed by atoms with Gasteiger partial charge in [-0.1, -0.05) is 43.3 Å². The van der Waals surface area contributed by atoms with E-state index in [0.29, 0.717) is 21.9 Å². The predicted molar refractivity (Wildman–Crippen MR) is 122 cm³/mol. The van der Waals surface area contributed by atoms with Crippen LogP contribution < -0.4 is 5.56 Å². The largest absolute Gasteiger partial charge is 0.345 e. The molecule has 0 bridgehead atoms. The molecular weight excluding hydrogens is 402 g/mol. The van der Waals surface area contributed by atoms with E-state index in [1.165, 1.54) is 34.2 Å². The van der Waals surface area contributed by atoms with Gasteiger partial charge in [-0.15, -0.1) is 11.3 Å². The van der Waals surface area contributed by atoms with Gasteiger partial charge >= 0.3 is 0 Å². The molecule has 0 fully saturated rings. The van der Waals surface area contributed by atoms with E-state index in [1.54, 1.807) is 9.47 Å². The standard InChI is InChI=1S/C22H27N3O2S2/c1-5-6-10-24(4)19(26)14-29-22-23-18-9-11-28-20(18)21(27)25(22)13-17-8-7-15(2)16(3)12-17/h7-9,11-12H,5-6,10,13-14H2,1-4H3. The number of carbonyl (C=O) groups excluding carboxylic acids is 1. The topological polar surface area (TPSA) is 55.2 Å². The molecule has 0 radical (unpaired) electrons. The minimum absolute atomic E-state index is 0.0440. The molecule has 2 heterocycles. The first-order valence-corrected chi connectivity index (χ1v) is 11.7. The second kappa shape index (κ2) is 9.59. The van der Waals surface area contributed by atoms with E-state index in [2.05, 4.69) is 32.9 Å². The fourth-order valence-corrected chi connectivity index (χ4v) is 4.73. The number of fused-ring (bicyclic) bond motifs is 1. The maximum Gasteiger partial charge on any atom is 0.272 e. The van der Waals surface area contributed by atoms with E-state index >= 15 is 0 Å². The van der Waals surface area contributed by atoms with Crippen molar-refractivity contribution in [2.75, 3.05) is 19.3 Å². The average Bonchev–Trinajstić information content (AvgIpc) is 3.18. The van der Waals surface area contributed by atoms with Gasteiger partial charge in [0.25, 0.3) is 5.56 Å². The molecule has 1 aromatic carbocycles. The predicted octanol–water partition coefficient (Wildman–Crippen LogP) is 4.47. The van der Waals surface area contributed by atoms with Gasteiger partial charge in [-0.05, 0) is 48.4 Å². The minimum Gasteiger partial charge on any atom is -0.345 e. The van der Waals surface area contributed by atoms with Crippen LogP contribution in [0.3, 0.4) is 0 Å². The van der Waals surface area contributed by atoms with Gasteiger partial charge in [0, 0.05) is 13.6 Å². The van der Waals surface area contributed by atoms with E-state index in [1.807, 2.05) is 24.6 Å². The van der Waals surface area contributed by atoms with Gasteiger partial charge in [-0.2, -0.15) is 0 Å². The zero-order chi connectivity index (χ0) is 21.0. The number of hydrogen-bond acceptors (Lipinski definition) is 5. The van der Waals surface area contributed by atoms with E-state index in [4.69, 9.17) is 4.98 Å². The third kappa shape index (κ3) is 5.08. The van der Waals surface area contributed by atoms with Gasteiger partial charge in [0.15, 0.2) is 5.16 Å². The van der Waals surface area contributed by atoms with Crippen LogP contribution in [0.5, 0.6) is 0 Å². The second-order valence-corrected chi connectivity index (χ2v) is 9.16. The van der Waals surface area contributed by atoms with E-state index < -0.39 is 0 Å². The first-order chi connectivity index (χ1) is 13.9. The maximum atomic E-state index is 13.1. The summed E-state index contributed by atoms with van der Waals surface area (Å²) in [6, 6.07) is 8.09. The summed E-state index contributed by atoms with van der Waals surface area (Å²) < 4.78 is 2.36. The van der Waals surface area contributed by atoms with Crippen LogP contribution in [-0.2, 0) is 11.3 Å². The zero-order valence-electron chi connectivity index (χ0n) is 17.4. The van der Waals surface area contributed by atoms with Gasteiger partial charge in [0.2, 0.25) is 5.91 Å². The third-order valence-corrected chi connectivity index (χ3v) is 6.89. The molecule has 29 heavy (non-hydrogen) atoms. The molecule has 0 atom stereocenters. The number of carbonyl (C=O) groups is 1. The second-order valence-electron chi connectivity index (χ2n) is 7.30. The van der Waals surface area contributed by atoms with Crippen LogP contribution in [0.1, 0.15) is 36.5 Å². The fourth-order valence-electron chi connectivity index (χ4n) is 3.01. The number of aromatic nitrogens is 2. The number of nitrogens with zero attached hydrogens (tertiary/aromatic N) is 3. The lowest BCUT2D eigenvalue weighted by molar-refractivity contribution is -0.127. The summed E-state index contributed by atoms with van der Waals surface area (Å²) in [7, 11) is 1.83. The first kappa shape index (κ1) is 21.6. The van der Waals surface area contributed by atoms with Crippen molar-refractivity contribution in [1.29, 1.82) is 0 Å². The Morgan fingerprint density at radius 3 is 2.76 bits per heavy atom. The van der Waals surface area contributed by atoms with Gasteiger partial charge in [0.05, 0.1) is 17.8 Å². The molecule has 2 aromatic heterocycles. The molecule has 0 aliphatic heterocycles. The summed E-state index contributed by atoms with van der Waals surface area (Å²) in [6.45, 7) is 7.46. The average molecular weight is 430 g/mol. The van der Waals surface area contributed by atoms with Crippen LogP contribution in [0.15, 0.2) is 39.6 Å². The van der Waals surface area contributed by atoms with Crippen LogP contribution in [0.2, 0.25) is 0 Å². The number of thiophene rings is 1. The molecule has 0 saturated carbocycles. The van der Waals surface area contributed by atoms with Gasteiger partial charge in [0.1, 0.15) is 4.70 Å². The van der Waals surface area contributed by atoms with E-state index in [9.17, 15) is 9.59 Å². The van der Waals surface area contributed by atoms with Gasteiger partial charge in [-0.25, -0.2) is 4.98 Å². The Morgan fingerprint density at radius 2 is 2.03 bits per heavy atom. The molecule has 0 aliphatic carbocycles. The van der Waals surface area contributed by atoms with Crippen LogP contribution in [0, 0.1) is 13.8 Å². The third-order valence-electron chi connectivity index (χ3n) is 5.04. The number of benzene rings is 1. The minimum atomic E-state index is -0.0440. The number of thioether (sulfide) groups is 1. The lowest BCUT2D eigenvalue weighted by Crippen LogP contribution is -2.30. The molecule has 1 amide bonds. The summed E-state index contributed by atoms with van der Waals surface area (Å²) in [4.78, 5) is 32.0. The maximum absolute atomic E-state index is 13.1. The molecule has 3 aromatic rings. The van der Waals surface area contributed by atoms with Crippen LogP contribution >= 0.6 is 23.1 Å². The summed E-state index contributed by atoms with van der Waals surface area (Å²) in [5, 5.41) is 2.48. The Morgan fingerprint density at radius 1 is 1.24 bits per heavy atom. The molecular formula is C22H27N3O2S2. The fraction of sp³-hybridized carbons (Fsp3) is 0.409. The molecule has 0 unspecified atom stereocenters. The highest BCUT2D eigenvalue weighted by Crippen LogP contribution is 2.22. The Balaban J connectivity index is 1.89. The van der Waals surface area contributed by atoms with Crippen molar-refractivity contribution in [2.24, 2.45) is 0 Å². The lowest BCUT2D eigenvalue weighted by atomic mass is 10.1. The molecule has 0 saturated heterocycles. The number of rotatable bonds is 8. The van der Waals surface area contributed by atoms with Gasteiger partial charge in [-0.3, -0.25) is 14.2 Å². The quantitative estimate of drug-likeness (QED) is 0.391. The van der Waals surface area contributed by atoms with Gasteiger partial charge < -0.3 is 4.90 Å². The molecule has 3 rings (SSSR count).